The van der Waals surface area contributed by atoms with E-state index in [-0.39, 0.29) is 5.91 Å². The number of nitrogens with one attached hydrogen (secondary N) is 3. The van der Waals surface area contributed by atoms with Crippen molar-refractivity contribution in [2.24, 2.45) is 0 Å². The number of aryl methyl sites for hydroxylation is 1. The number of hydrogen-bond acceptors (Lipinski definition) is 5. The van der Waals surface area contributed by atoms with Gasteiger partial charge in [-0.25, -0.2) is 0 Å². The fourth-order valence-electron chi connectivity index (χ4n) is 4.04. The number of carbonyl (C=O) groups is 1. The molecular formula is C20H23N7O. The minimum absolute atomic E-state index is 0.196. The Morgan fingerprint density at radius 3 is 3.07 bits per heavy atom. The maximum absolute atomic E-state index is 12.8. The van der Waals surface area contributed by atoms with Crippen LogP contribution >= 0.6 is 0 Å². The Morgan fingerprint density at radius 2 is 2.11 bits per heavy atom. The van der Waals surface area contributed by atoms with E-state index in [0.717, 1.165) is 72.9 Å². The lowest BCUT2D eigenvalue weighted by Gasteiger charge is -2.13. The van der Waals surface area contributed by atoms with Crippen LogP contribution in [0.2, 0.25) is 0 Å². The summed E-state index contributed by atoms with van der Waals surface area (Å²) in [4.78, 5) is 12.8. The van der Waals surface area contributed by atoms with Crippen molar-refractivity contribution in [1.82, 2.24) is 30.3 Å². The Kier molecular flexibility index (Phi) is 4.40. The minimum atomic E-state index is -0.196. The van der Waals surface area contributed by atoms with E-state index in [9.17, 15) is 4.79 Å². The summed E-state index contributed by atoms with van der Waals surface area (Å²) in [5.41, 5.74) is 4.16. The third-order valence-corrected chi connectivity index (χ3v) is 5.51. The van der Waals surface area contributed by atoms with Gasteiger partial charge in [0.05, 0.1) is 0 Å². The van der Waals surface area contributed by atoms with Crippen LogP contribution in [-0.2, 0) is 25.9 Å². The summed E-state index contributed by atoms with van der Waals surface area (Å²) in [5.74, 6) is 1.73. The lowest BCUT2D eigenvalue weighted by atomic mass is 10.1. The largest absolute Gasteiger partial charge is 0.321 e. The van der Waals surface area contributed by atoms with Crippen molar-refractivity contribution in [3.8, 4) is 11.4 Å². The van der Waals surface area contributed by atoms with Crippen LogP contribution in [0.25, 0.3) is 11.4 Å². The van der Waals surface area contributed by atoms with Gasteiger partial charge < -0.3 is 15.2 Å². The van der Waals surface area contributed by atoms with Gasteiger partial charge in [-0.15, -0.1) is 10.2 Å². The number of anilines is 1. The van der Waals surface area contributed by atoms with Gasteiger partial charge in [0.15, 0.2) is 11.5 Å². The highest BCUT2D eigenvalue weighted by atomic mass is 16.1. The van der Waals surface area contributed by atoms with Gasteiger partial charge in [0.2, 0.25) is 0 Å². The Hall–Kier alpha value is -3.00. The molecule has 144 valence electrons. The molecule has 2 aliphatic rings. The monoisotopic (exact) mass is 377 g/mol. The molecule has 2 aromatic heterocycles. The molecule has 4 heterocycles. The van der Waals surface area contributed by atoms with Crippen LogP contribution < -0.4 is 10.6 Å². The number of benzene rings is 1. The van der Waals surface area contributed by atoms with E-state index in [1.165, 1.54) is 6.42 Å². The summed E-state index contributed by atoms with van der Waals surface area (Å²) >= 11 is 0. The first-order valence-electron chi connectivity index (χ1n) is 9.90. The summed E-state index contributed by atoms with van der Waals surface area (Å²) < 4.78 is 2.21. The van der Waals surface area contributed by atoms with Crippen molar-refractivity contribution in [3.63, 3.8) is 0 Å². The number of hydrogen-bond donors (Lipinski definition) is 3. The first kappa shape index (κ1) is 17.1. The fraction of sp³-hybridized carbons (Fsp3) is 0.400. The molecule has 8 heteroatoms. The quantitative estimate of drug-likeness (QED) is 0.650. The summed E-state index contributed by atoms with van der Waals surface area (Å²) in [6.07, 6.45) is 5.37. The standard InChI is InChI=1S/C20H23N7O/c28-20(18-15-12-21-9-8-16(15)23-25-18)22-14-6-4-5-13(11-14)19-26-24-17-7-2-1-3-10-27(17)19/h4-6,11,21H,1-3,7-10,12H2,(H,22,28)(H,23,25). The van der Waals surface area contributed by atoms with Crippen LogP contribution in [0, 0.1) is 0 Å². The van der Waals surface area contributed by atoms with E-state index in [0.29, 0.717) is 12.2 Å². The van der Waals surface area contributed by atoms with Crippen LogP contribution in [-0.4, -0.2) is 37.4 Å². The van der Waals surface area contributed by atoms with Crippen LogP contribution in [0.4, 0.5) is 5.69 Å². The molecule has 5 rings (SSSR count). The summed E-state index contributed by atoms with van der Waals surface area (Å²) in [6, 6.07) is 7.79. The number of aromatic amines is 1. The van der Waals surface area contributed by atoms with Crippen molar-refractivity contribution < 1.29 is 4.79 Å². The minimum Gasteiger partial charge on any atom is -0.321 e. The van der Waals surface area contributed by atoms with Crippen molar-refractivity contribution >= 4 is 11.6 Å². The zero-order chi connectivity index (χ0) is 18.9. The molecule has 1 amide bonds. The molecule has 0 aliphatic carbocycles. The molecule has 0 fully saturated rings. The van der Waals surface area contributed by atoms with E-state index in [4.69, 9.17) is 0 Å². The van der Waals surface area contributed by atoms with Crippen LogP contribution in [0.1, 0.15) is 46.8 Å². The normalized spacial score (nSPS) is 16.1. The highest BCUT2D eigenvalue weighted by Gasteiger charge is 2.22. The lowest BCUT2D eigenvalue weighted by molar-refractivity contribution is 0.102. The molecule has 0 atom stereocenters. The molecule has 0 saturated carbocycles. The second-order valence-corrected chi connectivity index (χ2v) is 7.39. The zero-order valence-electron chi connectivity index (χ0n) is 15.7. The van der Waals surface area contributed by atoms with E-state index in [2.05, 4.69) is 35.6 Å². The summed E-state index contributed by atoms with van der Waals surface area (Å²) in [7, 11) is 0. The van der Waals surface area contributed by atoms with Crippen molar-refractivity contribution in [1.29, 1.82) is 0 Å². The second kappa shape index (κ2) is 7.20. The predicted octanol–water partition coefficient (Wildman–Crippen LogP) is 2.29. The number of amides is 1. The van der Waals surface area contributed by atoms with Crippen LogP contribution in [0.3, 0.4) is 0 Å². The SMILES string of the molecule is O=C(Nc1cccc(-c2nnc3n2CCCCC3)c1)c1n[nH]c2c1CNCC2. The smallest absolute Gasteiger partial charge is 0.276 e. The van der Waals surface area contributed by atoms with Gasteiger partial charge in [0.1, 0.15) is 5.82 Å². The lowest BCUT2D eigenvalue weighted by Crippen LogP contribution is -2.25. The molecule has 28 heavy (non-hydrogen) atoms. The molecule has 0 spiro atoms. The highest BCUT2D eigenvalue weighted by molar-refractivity contribution is 6.04. The third-order valence-electron chi connectivity index (χ3n) is 5.51. The number of carbonyl (C=O) groups excluding carboxylic acids is 1. The van der Waals surface area contributed by atoms with E-state index in [1.807, 2.05) is 24.3 Å². The molecular weight excluding hydrogens is 354 g/mol. The molecule has 1 aromatic carbocycles. The average Bonchev–Trinajstić information content (AvgIpc) is 3.26. The van der Waals surface area contributed by atoms with E-state index in [1.54, 1.807) is 0 Å². The molecule has 2 aliphatic heterocycles. The molecule has 3 aromatic rings. The Balaban J connectivity index is 1.40. The molecule has 3 N–H and O–H groups in total. The molecule has 0 radical (unpaired) electrons. The van der Waals surface area contributed by atoms with Gasteiger partial charge >= 0.3 is 0 Å². The van der Waals surface area contributed by atoms with Gasteiger partial charge in [-0.2, -0.15) is 5.10 Å². The summed E-state index contributed by atoms with van der Waals surface area (Å²) in [5, 5.41) is 22.3. The first-order chi connectivity index (χ1) is 13.8. The maximum atomic E-state index is 12.8. The Bertz CT molecular complexity index is 1020. The first-order valence-corrected chi connectivity index (χ1v) is 9.90. The van der Waals surface area contributed by atoms with Crippen molar-refractivity contribution in [3.05, 3.63) is 47.0 Å². The van der Waals surface area contributed by atoms with Crippen LogP contribution in [0.5, 0.6) is 0 Å². The molecule has 0 saturated heterocycles. The van der Waals surface area contributed by atoms with Gasteiger partial charge in [0, 0.05) is 55.0 Å². The van der Waals surface area contributed by atoms with Gasteiger partial charge in [-0.05, 0) is 25.0 Å². The number of aromatic nitrogens is 5. The van der Waals surface area contributed by atoms with Gasteiger partial charge in [-0.1, -0.05) is 18.6 Å². The number of H-pyrrole nitrogens is 1. The number of fused-ring (bicyclic) bond motifs is 2. The fourth-order valence-corrected chi connectivity index (χ4v) is 4.04. The average molecular weight is 377 g/mol. The highest BCUT2D eigenvalue weighted by Crippen LogP contribution is 2.25. The third kappa shape index (κ3) is 3.09. The maximum Gasteiger partial charge on any atom is 0.276 e. The van der Waals surface area contributed by atoms with Crippen molar-refractivity contribution in [2.45, 2.75) is 45.2 Å². The van der Waals surface area contributed by atoms with Crippen LogP contribution in [0.15, 0.2) is 24.3 Å². The van der Waals surface area contributed by atoms with E-state index < -0.39 is 0 Å². The predicted molar refractivity (Wildman–Crippen MR) is 105 cm³/mol. The topological polar surface area (TPSA) is 101 Å². The second-order valence-electron chi connectivity index (χ2n) is 7.39. The zero-order valence-corrected chi connectivity index (χ0v) is 15.7. The summed E-state index contributed by atoms with van der Waals surface area (Å²) in [6.45, 7) is 2.52. The number of rotatable bonds is 3. The van der Waals surface area contributed by atoms with Gasteiger partial charge in [-0.3, -0.25) is 9.89 Å². The van der Waals surface area contributed by atoms with Crippen molar-refractivity contribution in [2.75, 3.05) is 11.9 Å². The van der Waals surface area contributed by atoms with Gasteiger partial charge in [0.25, 0.3) is 5.91 Å². The number of nitrogens with zero attached hydrogens (tertiary/aromatic N) is 4. The molecule has 8 nitrogen and oxygen atoms in total. The van der Waals surface area contributed by atoms with E-state index >= 15 is 0 Å². The Morgan fingerprint density at radius 1 is 1.14 bits per heavy atom. The molecule has 0 bridgehead atoms. The Labute approximate surface area is 162 Å². The molecule has 0 unspecified atom stereocenters.